The van der Waals surface area contributed by atoms with Gasteiger partial charge in [-0.25, -0.2) is 0 Å². The molecule has 13 nitrogen and oxygen atoms in total. The quantitative estimate of drug-likeness (QED) is 0.317. The number of rotatable bonds is 7. The molecule has 2 saturated heterocycles. The van der Waals surface area contributed by atoms with Crippen molar-refractivity contribution in [1.29, 1.82) is 5.53 Å². The summed E-state index contributed by atoms with van der Waals surface area (Å²) in [7, 11) is 0. The molecule has 3 unspecified atom stereocenters. The summed E-state index contributed by atoms with van der Waals surface area (Å²) in [5.74, 6) is 1.11. The SMILES string of the molecule is CC(Cc1c[c](=[Ni])n(N=N)nc1N1CC(C(F)(F)F)OC(C)(C)C1)CC1COCCN1c1ccc2nnnn2n1. The first-order chi connectivity index (χ1) is 18.9. The van der Waals surface area contributed by atoms with E-state index in [0.29, 0.717) is 49.6 Å². The van der Waals surface area contributed by atoms with Gasteiger partial charge in [0.25, 0.3) is 0 Å². The Bertz CT molecular complexity index is 1430. The second-order valence-corrected chi connectivity index (χ2v) is 11.3. The van der Waals surface area contributed by atoms with Crippen molar-refractivity contribution >= 4 is 17.3 Å². The van der Waals surface area contributed by atoms with Gasteiger partial charge in [-0.2, -0.15) is 0 Å². The summed E-state index contributed by atoms with van der Waals surface area (Å²) < 4.78 is 53.9. The molecule has 0 radical (unpaired) electrons. The van der Waals surface area contributed by atoms with E-state index in [2.05, 4.69) is 42.8 Å². The van der Waals surface area contributed by atoms with Gasteiger partial charge in [0.1, 0.15) is 0 Å². The van der Waals surface area contributed by atoms with Crippen LogP contribution in [0.3, 0.4) is 0 Å². The van der Waals surface area contributed by atoms with Gasteiger partial charge in [0.05, 0.1) is 0 Å². The van der Waals surface area contributed by atoms with Crippen molar-refractivity contribution in [2.75, 3.05) is 42.6 Å². The fourth-order valence-electron chi connectivity index (χ4n) is 5.32. The number of nitrogens with one attached hydrogen (secondary N) is 1. The molecule has 2 fully saturated rings. The molecule has 0 aliphatic carbocycles. The Balaban J connectivity index is 1.39. The Morgan fingerprint density at radius 1 is 1.27 bits per heavy atom. The number of fused-ring (bicyclic) bond motifs is 1. The van der Waals surface area contributed by atoms with Crippen LogP contribution < -0.4 is 9.80 Å². The summed E-state index contributed by atoms with van der Waals surface area (Å²) in [6.07, 6.45) is -5.31. The number of anilines is 2. The van der Waals surface area contributed by atoms with Crippen molar-refractivity contribution in [3.8, 4) is 0 Å². The van der Waals surface area contributed by atoms with Gasteiger partial charge in [-0.3, -0.25) is 0 Å². The normalized spacial score (nSPS) is 22.5. The van der Waals surface area contributed by atoms with Crippen molar-refractivity contribution in [2.45, 2.75) is 57.5 Å². The first-order valence-corrected chi connectivity index (χ1v) is 13.3. The molecular formula is C23H30F3N11NiO2. The molecule has 0 amide bonds. The standard InChI is InChI=1S/C23H30F3N11O2.Ni/c1-15(11-17-13-38-9-8-35(17)20-5-4-19-28-32-33-37(19)29-20)10-16-6-7-36(31-27)30-21(16)34-12-18(23(24,25)26)39-22(2,3)14-34;/h4-6,15,17-18,27H,8-14H2,1-3H3;. The summed E-state index contributed by atoms with van der Waals surface area (Å²) >= 11 is 5.00. The summed E-state index contributed by atoms with van der Waals surface area (Å²) in [6.45, 7) is 6.75. The Morgan fingerprint density at radius 3 is 2.83 bits per heavy atom. The molecule has 0 spiro atoms. The van der Waals surface area contributed by atoms with E-state index in [4.69, 9.17) is 30.0 Å². The predicted octanol–water partition coefficient (Wildman–Crippen LogP) is 2.61. The van der Waals surface area contributed by atoms with Crippen molar-refractivity contribution in [3.05, 3.63) is 28.0 Å². The van der Waals surface area contributed by atoms with Crippen molar-refractivity contribution in [2.24, 2.45) is 11.1 Å². The molecule has 3 atom stereocenters. The van der Waals surface area contributed by atoms with E-state index in [0.717, 1.165) is 10.6 Å². The minimum absolute atomic E-state index is 0.00111. The Hall–Kier alpha value is -3.04. The van der Waals surface area contributed by atoms with Gasteiger partial charge < -0.3 is 0 Å². The minimum atomic E-state index is -4.54. The van der Waals surface area contributed by atoms with Crippen LogP contribution in [0.1, 0.15) is 32.8 Å². The van der Waals surface area contributed by atoms with E-state index in [-0.39, 0.29) is 22.8 Å². The average Bonchev–Trinajstić information content (AvgIpc) is 3.36. The second kappa shape index (κ2) is 11.1. The average molecular weight is 608 g/mol. The van der Waals surface area contributed by atoms with E-state index in [1.54, 1.807) is 30.9 Å². The number of aromatic nitrogens is 7. The molecule has 0 saturated carbocycles. The van der Waals surface area contributed by atoms with Gasteiger partial charge in [-0.05, 0) is 5.21 Å². The zero-order chi connectivity index (χ0) is 28.7. The zero-order valence-corrected chi connectivity index (χ0v) is 23.1. The topological polar surface area (TPSA) is 135 Å². The van der Waals surface area contributed by atoms with Crippen LogP contribution in [0.2, 0.25) is 0 Å². The summed E-state index contributed by atoms with van der Waals surface area (Å²) in [5.41, 5.74) is 7.61. The third kappa shape index (κ3) is 6.15. The summed E-state index contributed by atoms with van der Waals surface area (Å²) in [5, 5.41) is 23.7. The van der Waals surface area contributed by atoms with Gasteiger partial charge in [-0.15, -0.1) is 5.10 Å². The van der Waals surface area contributed by atoms with Gasteiger partial charge in [0, 0.05) is 0 Å². The molecule has 1 N–H and O–H groups in total. The molecule has 220 valence electrons. The fourth-order valence-corrected chi connectivity index (χ4v) is 5.59. The molecular weight excluding hydrogens is 578 g/mol. The molecule has 3 aromatic rings. The molecule has 3 aromatic heterocycles. The van der Waals surface area contributed by atoms with Gasteiger partial charge in [-0.1, -0.05) is 0 Å². The maximum atomic E-state index is 13.7. The van der Waals surface area contributed by atoms with Crippen LogP contribution in [0.5, 0.6) is 0 Å². The molecule has 5 rings (SSSR count). The van der Waals surface area contributed by atoms with Crippen molar-refractivity contribution < 1.29 is 37.7 Å². The van der Waals surface area contributed by atoms with E-state index >= 15 is 0 Å². The Kier molecular flexibility index (Phi) is 7.90. The Labute approximate surface area is 235 Å². The number of hydrogen-bond donors (Lipinski definition) is 1. The molecule has 2 aliphatic rings. The van der Waals surface area contributed by atoms with Gasteiger partial charge in [0.15, 0.2) is 0 Å². The molecule has 0 bridgehead atoms. The number of hydrogen-bond acceptors (Lipinski definition) is 11. The molecule has 40 heavy (non-hydrogen) atoms. The fraction of sp³-hybridized carbons (Fsp3) is 0.652. The first kappa shape index (κ1) is 28.5. The van der Waals surface area contributed by atoms with Crippen LogP contribution in [0, 0.1) is 15.7 Å². The zero-order valence-electron chi connectivity index (χ0n) is 22.2. The van der Waals surface area contributed by atoms with Crippen LogP contribution in [0.15, 0.2) is 23.4 Å². The number of halogens is 3. The first-order valence-electron chi connectivity index (χ1n) is 12.8. The summed E-state index contributed by atoms with van der Waals surface area (Å²) in [6, 6.07) is 5.36. The second-order valence-electron chi connectivity index (χ2n) is 10.7. The van der Waals surface area contributed by atoms with Crippen LogP contribution in [-0.4, -0.2) is 91.9 Å². The number of tetrazole rings is 1. The summed E-state index contributed by atoms with van der Waals surface area (Å²) in [4.78, 5) is 4.69. The van der Waals surface area contributed by atoms with Gasteiger partial charge >= 0.3 is 225 Å². The van der Waals surface area contributed by atoms with Crippen LogP contribution in [-0.2, 0) is 30.9 Å². The molecule has 2 aliphatic heterocycles. The number of morpholine rings is 2. The third-order valence-corrected chi connectivity index (χ3v) is 7.28. The van der Waals surface area contributed by atoms with Crippen LogP contribution in [0.25, 0.3) is 5.65 Å². The van der Waals surface area contributed by atoms with Gasteiger partial charge in [0.2, 0.25) is 0 Å². The maximum absolute atomic E-state index is 13.7. The molecule has 5 heterocycles. The van der Waals surface area contributed by atoms with Crippen molar-refractivity contribution in [1.82, 2.24) is 35.1 Å². The molecule has 17 heteroatoms. The monoisotopic (exact) mass is 607 g/mol. The van der Waals surface area contributed by atoms with Crippen LogP contribution in [0.4, 0.5) is 24.8 Å². The predicted molar refractivity (Wildman–Crippen MR) is 131 cm³/mol. The third-order valence-electron chi connectivity index (χ3n) is 6.94. The Morgan fingerprint density at radius 2 is 2.08 bits per heavy atom. The van der Waals surface area contributed by atoms with Crippen LogP contribution >= 0.6 is 0 Å². The van der Waals surface area contributed by atoms with Crippen molar-refractivity contribution in [3.63, 3.8) is 0 Å². The van der Waals surface area contributed by atoms with E-state index in [9.17, 15) is 13.2 Å². The van der Waals surface area contributed by atoms with E-state index in [1.807, 2.05) is 6.07 Å². The number of alkyl halides is 3. The number of ether oxygens (including phenoxy) is 2. The molecule has 0 aromatic carbocycles. The number of nitrogens with zero attached hydrogens (tertiary/aromatic N) is 10. The van der Waals surface area contributed by atoms with E-state index in [1.165, 1.54) is 4.63 Å². The van der Waals surface area contributed by atoms with E-state index < -0.39 is 24.4 Å².